The highest BCUT2D eigenvalue weighted by Crippen LogP contribution is 2.42. The third-order valence-electron chi connectivity index (χ3n) is 9.22. The molecule has 1 amide bonds. The van der Waals surface area contributed by atoms with Crippen LogP contribution in [0.2, 0.25) is 0 Å². The smallest absolute Gasteiger partial charge is 0.336 e. The summed E-state index contributed by atoms with van der Waals surface area (Å²) in [4.78, 5) is 29.3. The summed E-state index contributed by atoms with van der Waals surface area (Å²) in [5.74, 6) is -1.18. The SMILES string of the molecule is CCC1=C(C(=O)NCCCN2CCC(c3ccccc3)(c3ccccc3)CC2)C(c2ccc(N)cc2)C(C(=O)OC)=C(C)N1. The zero-order valence-corrected chi connectivity index (χ0v) is 26.1. The molecular formula is C37H44N4O3. The summed E-state index contributed by atoms with van der Waals surface area (Å²) in [6.07, 6.45) is 3.56. The zero-order chi connectivity index (χ0) is 31.1. The van der Waals surface area contributed by atoms with Crippen molar-refractivity contribution >= 4 is 17.6 Å². The van der Waals surface area contributed by atoms with Gasteiger partial charge in [0.15, 0.2) is 0 Å². The van der Waals surface area contributed by atoms with E-state index in [1.807, 2.05) is 26.0 Å². The third kappa shape index (κ3) is 6.43. The van der Waals surface area contributed by atoms with Crippen molar-refractivity contribution in [3.05, 3.63) is 124 Å². The maximum atomic E-state index is 13.8. The molecule has 0 saturated carbocycles. The minimum absolute atomic E-state index is 0.0182. The number of methoxy groups -OCH3 is 1. The molecule has 1 fully saturated rings. The lowest BCUT2D eigenvalue weighted by Crippen LogP contribution is -2.44. The number of nitrogen functional groups attached to an aromatic ring is 1. The predicted molar refractivity (Wildman–Crippen MR) is 176 cm³/mol. The van der Waals surface area contributed by atoms with Crippen molar-refractivity contribution < 1.29 is 14.3 Å². The number of hydrogen-bond acceptors (Lipinski definition) is 6. The summed E-state index contributed by atoms with van der Waals surface area (Å²) >= 11 is 0. The van der Waals surface area contributed by atoms with Gasteiger partial charge in [0.25, 0.3) is 0 Å². The molecule has 5 rings (SSSR count). The summed E-state index contributed by atoms with van der Waals surface area (Å²) in [5.41, 5.74) is 12.7. The molecule has 3 aromatic rings. The molecular weight excluding hydrogens is 548 g/mol. The van der Waals surface area contributed by atoms with Gasteiger partial charge in [-0.3, -0.25) is 4.79 Å². The fourth-order valence-corrected chi connectivity index (χ4v) is 6.86. The molecule has 2 aliphatic rings. The molecule has 7 heteroatoms. The fourth-order valence-electron chi connectivity index (χ4n) is 6.86. The molecule has 0 spiro atoms. The van der Waals surface area contributed by atoms with E-state index in [0.29, 0.717) is 35.5 Å². The molecule has 0 radical (unpaired) electrons. The Morgan fingerprint density at radius 2 is 1.52 bits per heavy atom. The molecule has 1 unspecified atom stereocenters. The van der Waals surface area contributed by atoms with Gasteiger partial charge in [0.1, 0.15) is 0 Å². The van der Waals surface area contributed by atoms with Gasteiger partial charge in [-0.15, -0.1) is 0 Å². The molecule has 1 atom stereocenters. The van der Waals surface area contributed by atoms with Crippen LogP contribution >= 0.6 is 0 Å². The van der Waals surface area contributed by atoms with Crippen LogP contribution in [0.25, 0.3) is 0 Å². The number of esters is 1. The first-order valence-corrected chi connectivity index (χ1v) is 15.6. The highest BCUT2D eigenvalue weighted by molar-refractivity contribution is 6.02. The number of hydrogen-bond donors (Lipinski definition) is 3. The Bertz CT molecular complexity index is 1460. The number of dihydropyridines is 1. The van der Waals surface area contributed by atoms with E-state index in [-0.39, 0.29) is 11.3 Å². The average Bonchev–Trinajstić information content (AvgIpc) is 3.07. The number of likely N-dealkylation sites (tertiary alicyclic amines) is 1. The van der Waals surface area contributed by atoms with Crippen LogP contribution in [0.5, 0.6) is 0 Å². The van der Waals surface area contributed by atoms with E-state index in [2.05, 4.69) is 76.2 Å². The molecule has 2 aliphatic heterocycles. The maximum Gasteiger partial charge on any atom is 0.336 e. The number of allylic oxidation sites excluding steroid dienone is 2. The molecule has 0 aromatic heterocycles. The Kier molecular flexibility index (Phi) is 9.85. The van der Waals surface area contributed by atoms with Crippen molar-refractivity contribution in [1.82, 2.24) is 15.5 Å². The Hall–Kier alpha value is -4.36. The largest absolute Gasteiger partial charge is 0.466 e. The molecule has 0 bridgehead atoms. The minimum atomic E-state index is -0.551. The first-order valence-electron chi connectivity index (χ1n) is 15.6. The fraction of sp³-hybridized carbons (Fsp3) is 0.351. The highest BCUT2D eigenvalue weighted by atomic mass is 16.5. The highest BCUT2D eigenvalue weighted by Gasteiger charge is 2.39. The van der Waals surface area contributed by atoms with E-state index in [1.54, 1.807) is 12.1 Å². The van der Waals surface area contributed by atoms with Crippen LogP contribution in [0.1, 0.15) is 62.1 Å². The summed E-state index contributed by atoms with van der Waals surface area (Å²) in [6, 6.07) is 29.1. The van der Waals surface area contributed by atoms with Crippen LogP contribution in [0.3, 0.4) is 0 Å². The number of nitrogens with zero attached hydrogens (tertiary/aromatic N) is 1. The van der Waals surface area contributed by atoms with Gasteiger partial charge in [0.05, 0.1) is 18.6 Å². The van der Waals surface area contributed by atoms with E-state index < -0.39 is 11.9 Å². The van der Waals surface area contributed by atoms with Crippen LogP contribution in [-0.4, -0.2) is 50.1 Å². The Labute approximate surface area is 261 Å². The first-order chi connectivity index (χ1) is 21.4. The Balaban J connectivity index is 1.24. The van der Waals surface area contributed by atoms with Gasteiger partial charge in [-0.1, -0.05) is 79.7 Å². The second kappa shape index (κ2) is 14.0. The van der Waals surface area contributed by atoms with E-state index in [4.69, 9.17) is 10.5 Å². The van der Waals surface area contributed by atoms with E-state index in [1.165, 1.54) is 18.2 Å². The molecule has 4 N–H and O–H groups in total. The van der Waals surface area contributed by atoms with Crippen LogP contribution in [0.4, 0.5) is 5.69 Å². The average molecular weight is 593 g/mol. The normalized spacial score (nSPS) is 18.5. The summed E-state index contributed by atoms with van der Waals surface area (Å²) in [5, 5.41) is 6.48. The molecule has 44 heavy (non-hydrogen) atoms. The van der Waals surface area contributed by atoms with Crippen molar-refractivity contribution in [2.75, 3.05) is 39.0 Å². The number of ether oxygens (including phenoxy) is 1. The molecule has 3 aromatic carbocycles. The number of anilines is 1. The number of rotatable bonds is 10. The van der Waals surface area contributed by atoms with Gasteiger partial charge in [0, 0.05) is 34.6 Å². The van der Waals surface area contributed by atoms with Crippen LogP contribution in [0, 0.1) is 0 Å². The maximum absolute atomic E-state index is 13.8. The lowest BCUT2D eigenvalue weighted by atomic mass is 9.68. The van der Waals surface area contributed by atoms with Gasteiger partial charge < -0.3 is 26.0 Å². The summed E-state index contributed by atoms with van der Waals surface area (Å²) in [7, 11) is 1.37. The van der Waals surface area contributed by atoms with Crippen molar-refractivity contribution in [2.45, 2.75) is 50.9 Å². The molecule has 7 nitrogen and oxygen atoms in total. The lowest BCUT2D eigenvalue weighted by molar-refractivity contribution is -0.136. The second-order valence-electron chi connectivity index (χ2n) is 11.8. The Morgan fingerprint density at radius 1 is 0.932 bits per heavy atom. The standard InChI is InChI=1S/C37H44N4O3/c1-4-31-34(33(27-16-18-30(38)19-17-27)32(26(2)40-31)36(43)44-3)35(42)39-22-11-23-41-24-20-37(21-25-41,28-12-7-5-8-13-28)29-14-9-6-10-15-29/h5-10,12-19,33,40H,4,11,20-25,38H2,1-3H3,(H,39,42). The summed E-state index contributed by atoms with van der Waals surface area (Å²) in [6.45, 7) is 7.31. The lowest BCUT2D eigenvalue weighted by Gasteiger charge is -2.43. The monoisotopic (exact) mass is 592 g/mol. The quantitative estimate of drug-likeness (QED) is 0.160. The number of nitrogens with two attached hydrogens (primary N) is 1. The van der Waals surface area contributed by atoms with Gasteiger partial charge in [-0.05, 0) is 81.1 Å². The van der Waals surface area contributed by atoms with Crippen LogP contribution < -0.4 is 16.4 Å². The van der Waals surface area contributed by atoms with E-state index in [0.717, 1.165) is 50.2 Å². The topological polar surface area (TPSA) is 96.7 Å². The number of piperidine rings is 1. The predicted octanol–water partition coefficient (Wildman–Crippen LogP) is 5.66. The van der Waals surface area contributed by atoms with Gasteiger partial charge in [-0.25, -0.2) is 4.79 Å². The van der Waals surface area contributed by atoms with Crippen molar-refractivity contribution in [2.24, 2.45) is 0 Å². The van der Waals surface area contributed by atoms with Crippen LogP contribution in [0.15, 0.2) is 107 Å². The first kappa shape index (κ1) is 31.1. The van der Waals surface area contributed by atoms with Gasteiger partial charge in [-0.2, -0.15) is 0 Å². The van der Waals surface area contributed by atoms with Crippen LogP contribution in [-0.2, 0) is 19.7 Å². The minimum Gasteiger partial charge on any atom is -0.466 e. The van der Waals surface area contributed by atoms with E-state index in [9.17, 15) is 9.59 Å². The van der Waals surface area contributed by atoms with E-state index >= 15 is 0 Å². The van der Waals surface area contributed by atoms with Crippen molar-refractivity contribution in [3.8, 4) is 0 Å². The molecule has 230 valence electrons. The number of nitrogens with one attached hydrogen (secondary N) is 2. The number of carbonyl (C=O) groups excluding carboxylic acids is 2. The second-order valence-corrected chi connectivity index (χ2v) is 11.8. The van der Waals surface area contributed by atoms with Crippen molar-refractivity contribution in [1.29, 1.82) is 0 Å². The number of carbonyl (C=O) groups is 2. The summed E-state index contributed by atoms with van der Waals surface area (Å²) < 4.78 is 5.15. The van der Waals surface area contributed by atoms with Gasteiger partial charge >= 0.3 is 5.97 Å². The molecule has 2 heterocycles. The molecule has 1 saturated heterocycles. The zero-order valence-electron chi connectivity index (χ0n) is 26.1. The van der Waals surface area contributed by atoms with Gasteiger partial charge in [0.2, 0.25) is 5.91 Å². The Morgan fingerprint density at radius 3 is 2.07 bits per heavy atom. The molecule has 0 aliphatic carbocycles. The van der Waals surface area contributed by atoms with Crippen molar-refractivity contribution in [3.63, 3.8) is 0 Å². The third-order valence-corrected chi connectivity index (χ3v) is 9.22. The number of amides is 1. The number of benzene rings is 3.